The molecule has 0 aliphatic rings. The summed E-state index contributed by atoms with van der Waals surface area (Å²) in [6.45, 7) is 30.2. The minimum Gasteiger partial charge on any atom is -0.481 e. The Bertz CT molecular complexity index is 925. The molecule has 0 aromatic rings. The van der Waals surface area contributed by atoms with Crippen LogP contribution in [0.4, 0.5) is 0 Å². The normalized spacial score (nSPS) is 14.0. The van der Waals surface area contributed by atoms with Gasteiger partial charge in [-0.1, -0.05) is 107 Å². The lowest BCUT2D eigenvalue weighted by molar-refractivity contribution is -0.144. The Morgan fingerprint density at radius 2 is 0.962 bits per heavy atom. The molecule has 0 saturated heterocycles. The van der Waals surface area contributed by atoms with Gasteiger partial charge in [0.05, 0.1) is 25.4 Å². The van der Waals surface area contributed by atoms with Gasteiger partial charge in [-0.3, -0.25) is 19.3 Å². The summed E-state index contributed by atoms with van der Waals surface area (Å²) in [5.41, 5.74) is 0. The average Bonchev–Trinajstić information content (AvgIpc) is 3.03. The molecule has 0 spiro atoms. The largest absolute Gasteiger partial charge is 0.481 e. The predicted octanol–water partition coefficient (Wildman–Crippen LogP) is 11.3. The van der Waals surface area contributed by atoms with Crippen LogP contribution < -0.4 is 0 Å². The fourth-order valence-corrected chi connectivity index (χ4v) is 8.46. The maximum absolute atomic E-state index is 12.2. The van der Waals surface area contributed by atoms with Crippen LogP contribution in [0.1, 0.15) is 171 Å². The Morgan fingerprint density at radius 3 is 1.30 bits per heavy atom. The van der Waals surface area contributed by atoms with Gasteiger partial charge >= 0.3 is 17.9 Å². The second-order valence-electron chi connectivity index (χ2n) is 18.3. The van der Waals surface area contributed by atoms with Gasteiger partial charge in [0.2, 0.25) is 0 Å². The fourth-order valence-electron chi connectivity index (χ4n) is 5.71. The smallest absolute Gasteiger partial charge is 0.305 e. The highest BCUT2D eigenvalue weighted by molar-refractivity contribution is 6.74. The van der Waals surface area contributed by atoms with E-state index in [9.17, 15) is 19.5 Å². The number of ether oxygens (including phenoxy) is 2. The molecule has 0 heterocycles. The molecule has 2 unspecified atom stereocenters. The number of carboxylic acid groups (broad SMARTS) is 1. The van der Waals surface area contributed by atoms with E-state index in [4.69, 9.17) is 18.3 Å². The Labute approximate surface area is 328 Å². The van der Waals surface area contributed by atoms with Crippen LogP contribution >= 0.6 is 0 Å². The van der Waals surface area contributed by atoms with Crippen LogP contribution in [0.2, 0.25) is 36.3 Å². The van der Waals surface area contributed by atoms with E-state index in [1.165, 1.54) is 0 Å². The Kier molecular flexibility index (Phi) is 26.7. The van der Waals surface area contributed by atoms with Crippen LogP contribution in [-0.4, -0.2) is 89.6 Å². The molecule has 0 saturated carbocycles. The van der Waals surface area contributed by atoms with Crippen molar-refractivity contribution in [3.63, 3.8) is 0 Å². The van der Waals surface area contributed by atoms with E-state index >= 15 is 0 Å². The molecule has 0 aliphatic heterocycles. The average molecular weight is 788 g/mol. The van der Waals surface area contributed by atoms with Crippen molar-refractivity contribution in [3.05, 3.63) is 0 Å². The zero-order valence-electron chi connectivity index (χ0n) is 36.7. The molecule has 0 aliphatic carbocycles. The highest BCUT2D eigenvalue weighted by Crippen LogP contribution is 2.39. The third-order valence-corrected chi connectivity index (χ3v) is 20.2. The van der Waals surface area contributed by atoms with Crippen molar-refractivity contribution in [1.29, 1.82) is 0 Å². The topological polar surface area (TPSA) is 112 Å². The van der Waals surface area contributed by atoms with E-state index in [-0.39, 0.29) is 40.6 Å². The van der Waals surface area contributed by atoms with Gasteiger partial charge in [-0.2, -0.15) is 0 Å². The number of esters is 2. The van der Waals surface area contributed by atoms with Gasteiger partial charge in [-0.25, -0.2) is 0 Å². The van der Waals surface area contributed by atoms with Gasteiger partial charge in [0.25, 0.3) is 0 Å². The summed E-state index contributed by atoms with van der Waals surface area (Å²) < 4.78 is 25.0. The zero-order valence-corrected chi connectivity index (χ0v) is 38.7. The van der Waals surface area contributed by atoms with Crippen LogP contribution in [0.5, 0.6) is 0 Å². The van der Waals surface area contributed by atoms with Crippen LogP contribution in [0.25, 0.3) is 0 Å². The van der Waals surface area contributed by atoms with E-state index in [1.54, 1.807) is 0 Å². The summed E-state index contributed by atoms with van der Waals surface area (Å²) in [5, 5.41) is 9.61. The third-order valence-electron chi connectivity index (χ3n) is 11.2. The molecule has 9 nitrogen and oxygen atoms in total. The molecular formula is C42H85NO8Si2. The molecule has 0 rings (SSSR count). The lowest BCUT2D eigenvalue weighted by Gasteiger charge is -2.42. The van der Waals surface area contributed by atoms with Crippen LogP contribution in [0.15, 0.2) is 0 Å². The summed E-state index contributed by atoms with van der Waals surface area (Å²) in [4.78, 5) is 38.5. The SMILES string of the molecule is CCCCCOC(=O)CCCCCC(CN(CCCC(=O)O)CC(CCCCCC(=O)OCCCCC)O[Si](C)(C)C(C)(C)C)O[Si](C)(C)C(C)(C)C. The van der Waals surface area contributed by atoms with Gasteiger partial charge in [-0.15, -0.1) is 0 Å². The number of carboxylic acids is 1. The van der Waals surface area contributed by atoms with Gasteiger partial charge < -0.3 is 23.4 Å². The maximum atomic E-state index is 12.2. The third kappa shape index (κ3) is 25.5. The molecular weight excluding hydrogens is 703 g/mol. The Hall–Kier alpha value is -1.28. The van der Waals surface area contributed by atoms with E-state index in [0.717, 1.165) is 89.9 Å². The Morgan fingerprint density at radius 1 is 0.566 bits per heavy atom. The number of hydrogen-bond donors (Lipinski definition) is 1. The minimum absolute atomic E-state index is 0.00132. The van der Waals surface area contributed by atoms with Gasteiger partial charge in [0, 0.05) is 32.4 Å². The lowest BCUT2D eigenvalue weighted by Crippen LogP contribution is -2.50. The number of carbonyl (C=O) groups excluding carboxylic acids is 2. The molecule has 0 aromatic heterocycles. The van der Waals surface area contributed by atoms with Gasteiger partial charge in [-0.05, 0) is 87.8 Å². The van der Waals surface area contributed by atoms with Crippen molar-refractivity contribution in [2.45, 2.75) is 219 Å². The number of nitrogens with zero attached hydrogens (tertiary/aromatic N) is 1. The van der Waals surface area contributed by atoms with Crippen LogP contribution in [0, 0.1) is 0 Å². The summed E-state index contributed by atoms with van der Waals surface area (Å²) in [5.74, 6) is -0.981. The fraction of sp³-hybridized carbons (Fsp3) is 0.929. The summed E-state index contributed by atoms with van der Waals surface area (Å²) >= 11 is 0. The number of rotatable bonds is 32. The quantitative estimate of drug-likeness (QED) is 0.0404. The van der Waals surface area contributed by atoms with Crippen molar-refractivity contribution in [2.24, 2.45) is 0 Å². The molecule has 2 atom stereocenters. The van der Waals surface area contributed by atoms with Crippen LogP contribution in [0.3, 0.4) is 0 Å². The second-order valence-corrected chi connectivity index (χ2v) is 27.8. The first-order valence-corrected chi connectivity index (χ1v) is 27.1. The summed E-state index contributed by atoms with van der Waals surface area (Å²) in [7, 11) is -4.21. The van der Waals surface area contributed by atoms with Crippen molar-refractivity contribution in [1.82, 2.24) is 4.90 Å². The predicted molar refractivity (Wildman–Crippen MR) is 225 cm³/mol. The first kappa shape index (κ1) is 51.7. The van der Waals surface area contributed by atoms with Crippen molar-refractivity contribution in [3.8, 4) is 0 Å². The lowest BCUT2D eigenvalue weighted by atomic mass is 10.1. The molecule has 0 radical (unpaired) electrons. The monoisotopic (exact) mass is 788 g/mol. The number of hydrogen-bond acceptors (Lipinski definition) is 8. The zero-order chi connectivity index (χ0) is 40.6. The molecule has 0 amide bonds. The molecule has 53 heavy (non-hydrogen) atoms. The van der Waals surface area contributed by atoms with E-state index in [2.05, 4.69) is 86.5 Å². The molecule has 0 fully saturated rings. The molecule has 1 N–H and O–H groups in total. The maximum Gasteiger partial charge on any atom is 0.305 e. The highest BCUT2D eigenvalue weighted by atomic mass is 28.4. The van der Waals surface area contributed by atoms with E-state index < -0.39 is 22.6 Å². The van der Waals surface area contributed by atoms with Gasteiger partial charge in [0.1, 0.15) is 0 Å². The highest BCUT2D eigenvalue weighted by Gasteiger charge is 2.41. The molecule has 0 aromatic carbocycles. The van der Waals surface area contributed by atoms with Crippen molar-refractivity contribution in [2.75, 3.05) is 32.8 Å². The summed E-state index contributed by atoms with van der Waals surface area (Å²) in [6, 6.07) is 0. The van der Waals surface area contributed by atoms with Gasteiger partial charge in [0.15, 0.2) is 16.6 Å². The molecule has 314 valence electrons. The van der Waals surface area contributed by atoms with E-state index in [1.807, 2.05) is 0 Å². The van der Waals surface area contributed by atoms with Crippen LogP contribution in [-0.2, 0) is 32.7 Å². The van der Waals surface area contributed by atoms with Crippen molar-refractivity contribution < 1.29 is 37.8 Å². The molecule has 11 heteroatoms. The summed E-state index contributed by atoms with van der Waals surface area (Å²) in [6.07, 6.45) is 15.0. The minimum atomic E-state index is -2.10. The first-order chi connectivity index (χ1) is 24.6. The number of unbranched alkanes of at least 4 members (excludes halogenated alkanes) is 8. The van der Waals surface area contributed by atoms with Crippen molar-refractivity contribution >= 4 is 34.5 Å². The first-order valence-electron chi connectivity index (χ1n) is 21.3. The molecule has 0 bridgehead atoms. The number of carbonyl (C=O) groups is 3. The Balaban J connectivity index is 5.84. The number of aliphatic carboxylic acids is 1. The second kappa shape index (κ2) is 27.3. The van der Waals surface area contributed by atoms with E-state index in [0.29, 0.717) is 52.1 Å². The standard InChI is InChI=1S/C42H85NO8Si2/c1-13-15-23-32-48-39(46)29-21-17-19-26-36(50-52(9,10)41(3,4)5)34-43(31-25-28-38(44)45)35-37(51-53(11,12)42(6,7)8)27-20-18-22-30-40(47)49-33-24-16-14-2/h36-37H,13-35H2,1-12H3,(H,44,45).